The third-order valence-corrected chi connectivity index (χ3v) is 3.35. The van der Waals surface area contributed by atoms with Gasteiger partial charge in [0.05, 0.1) is 17.4 Å². The Morgan fingerprint density at radius 3 is 2.90 bits per heavy atom. The lowest BCUT2D eigenvalue weighted by Crippen LogP contribution is -2.25. The lowest BCUT2D eigenvalue weighted by molar-refractivity contribution is 0.0953. The van der Waals surface area contributed by atoms with Gasteiger partial charge in [0.1, 0.15) is 5.82 Å². The second-order valence-corrected chi connectivity index (χ2v) is 4.79. The van der Waals surface area contributed by atoms with Gasteiger partial charge in [0, 0.05) is 19.3 Å². The Bertz CT molecular complexity index is 624. The van der Waals surface area contributed by atoms with Gasteiger partial charge in [-0.25, -0.2) is 4.39 Å². The van der Waals surface area contributed by atoms with Crippen LogP contribution in [0.3, 0.4) is 0 Å². The molecular formula is C15H19FN4O. The third-order valence-electron chi connectivity index (χ3n) is 3.35. The van der Waals surface area contributed by atoms with Crippen LogP contribution >= 0.6 is 0 Å². The summed E-state index contributed by atoms with van der Waals surface area (Å²) < 4.78 is 13.6. The summed E-state index contributed by atoms with van der Waals surface area (Å²) >= 11 is 0. The normalized spacial score (nSPS) is 10.4. The largest absolute Gasteiger partial charge is 0.385 e. The summed E-state index contributed by atoms with van der Waals surface area (Å²) in [6.45, 7) is 2.50. The lowest BCUT2D eigenvalue weighted by Gasteiger charge is -2.10. The molecule has 0 aliphatic rings. The smallest absolute Gasteiger partial charge is 0.253 e. The number of halogens is 1. The van der Waals surface area contributed by atoms with E-state index in [1.807, 2.05) is 6.92 Å². The Hall–Kier alpha value is -2.37. The number of benzene rings is 1. The topological polar surface area (TPSA) is 69.8 Å². The number of para-hydroxylation sites is 1. The molecule has 2 rings (SSSR count). The Morgan fingerprint density at radius 2 is 2.24 bits per heavy atom. The molecule has 2 aromatic rings. The van der Waals surface area contributed by atoms with E-state index in [0.29, 0.717) is 12.1 Å². The first kappa shape index (κ1) is 15.0. The van der Waals surface area contributed by atoms with Gasteiger partial charge in [-0.05, 0) is 37.5 Å². The van der Waals surface area contributed by atoms with E-state index >= 15 is 0 Å². The van der Waals surface area contributed by atoms with Crippen molar-refractivity contribution in [2.45, 2.75) is 19.8 Å². The first-order valence-electron chi connectivity index (χ1n) is 6.86. The number of H-pyrrole nitrogens is 1. The lowest BCUT2D eigenvalue weighted by atomic mass is 10.1. The number of hydrogen-bond donors (Lipinski definition) is 3. The van der Waals surface area contributed by atoms with Crippen LogP contribution in [-0.4, -0.2) is 29.7 Å². The summed E-state index contributed by atoms with van der Waals surface area (Å²) in [5.74, 6) is -0.707. The fraction of sp³-hybridized carbons (Fsp3) is 0.333. The van der Waals surface area contributed by atoms with Gasteiger partial charge in [-0.3, -0.25) is 9.89 Å². The van der Waals surface area contributed by atoms with E-state index < -0.39 is 5.82 Å². The molecule has 0 atom stereocenters. The zero-order valence-electron chi connectivity index (χ0n) is 12.2. The van der Waals surface area contributed by atoms with Crippen molar-refractivity contribution in [3.05, 3.63) is 47.0 Å². The average molecular weight is 290 g/mol. The maximum Gasteiger partial charge on any atom is 0.253 e. The minimum Gasteiger partial charge on any atom is -0.385 e. The third kappa shape index (κ3) is 3.59. The summed E-state index contributed by atoms with van der Waals surface area (Å²) in [7, 11) is 1.59. The molecular weight excluding hydrogens is 271 g/mol. The van der Waals surface area contributed by atoms with E-state index in [1.165, 1.54) is 12.1 Å². The SMILES string of the molecule is CNc1c(F)cccc1C(=O)NCCCc1cn[nH]c1C. The Kier molecular flexibility index (Phi) is 4.92. The minimum absolute atomic E-state index is 0.223. The van der Waals surface area contributed by atoms with Gasteiger partial charge in [-0.1, -0.05) is 6.07 Å². The van der Waals surface area contributed by atoms with E-state index in [2.05, 4.69) is 20.8 Å². The van der Waals surface area contributed by atoms with Crippen molar-refractivity contribution in [1.82, 2.24) is 15.5 Å². The van der Waals surface area contributed by atoms with Crippen molar-refractivity contribution in [3.63, 3.8) is 0 Å². The highest BCUT2D eigenvalue weighted by molar-refractivity contribution is 5.99. The van der Waals surface area contributed by atoms with Crippen LogP contribution in [0.25, 0.3) is 0 Å². The molecule has 0 aliphatic heterocycles. The van der Waals surface area contributed by atoms with Crippen molar-refractivity contribution in [1.29, 1.82) is 0 Å². The van der Waals surface area contributed by atoms with Gasteiger partial charge < -0.3 is 10.6 Å². The van der Waals surface area contributed by atoms with Crippen LogP contribution in [0.15, 0.2) is 24.4 Å². The molecule has 1 aromatic carbocycles. The molecule has 0 radical (unpaired) electrons. The van der Waals surface area contributed by atoms with Crippen LogP contribution in [0.5, 0.6) is 0 Å². The van der Waals surface area contributed by atoms with Gasteiger partial charge in [0.15, 0.2) is 0 Å². The van der Waals surface area contributed by atoms with Crippen LogP contribution < -0.4 is 10.6 Å². The molecule has 1 amide bonds. The Morgan fingerprint density at radius 1 is 1.43 bits per heavy atom. The summed E-state index contributed by atoms with van der Waals surface area (Å²) in [6.07, 6.45) is 3.43. The molecule has 3 N–H and O–H groups in total. The highest BCUT2D eigenvalue weighted by Crippen LogP contribution is 2.18. The fourth-order valence-electron chi connectivity index (χ4n) is 2.17. The van der Waals surface area contributed by atoms with Crippen LogP contribution in [0, 0.1) is 12.7 Å². The molecule has 0 saturated heterocycles. The summed E-state index contributed by atoms with van der Waals surface area (Å²) in [6, 6.07) is 4.45. The predicted octanol–water partition coefficient (Wildman–Crippen LogP) is 2.26. The van der Waals surface area contributed by atoms with Gasteiger partial charge in [0.25, 0.3) is 5.91 Å². The number of aromatic amines is 1. The number of aryl methyl sites for hydroxylation is 2. The summed E-state index contributed by atoms with van der Waals surface area (Å²) in [5, 5.41) is 12.4. The first-order valence-corrected chi connectivity index (χ1v) is 6.86. The maximum absolute atomic E-state index is 13.6. The number of carbonyl (C=O) groups excluding carboxylic acids is 1. The van der Waals surface area contributed by atoms with Crippen molar-refractivity contribution < 1.29 is 9.18 Å². The van der Waals surface area contributed by atoms with Crippen LogP contribution in [-0.2, 0) is 6.42 Å². The summed E-state index contributed by atoms with van der Waals surface area (Å²) in [5.41, 5.74) is 2.73. The molecule has 0 saturated carbocycles. The molecule has 0 spiro atoms. The van der Waals surface area contributed by atoms with Gasteiger partial charge in [-0.2, -0.15) is 5.10 Å². The Balaban J connectivity index is 1.88. The number of nitrogens with one attached hydrogen (secondary N) is 3. The molecule has 21 heavy (non-hydrogen) atoms. The molecule has 0 bridgehead atoms. The monoisotopic (exact) mass is 290 g/mol. The van der Waals surface area contributed by atoms with Crippen LogP contribution in [0.4, 0.5) is 10.1 Å². The fourth-order valence-corrected chi connectivity index (χ4v) is 2.17. The standard InChI is InChI=1S/C15H19FN4O/c1-10-11(9-19-20-10)5-4-8-18-15(21)12-6-3-7-13(16)14(12)17-2/h3,6-7,9,17H,4-5,8H2,1-2H3,(H,18,21)(H,19,20). The molecule has 6 heteroatoms. The number of carbonyl (C=O) groups is 1. The van der Waals surface area contributed by atoms with Crippen molar-refractivity contribution >= 4 is 11.6 Å². The molecule has 0 aliphatic carbocycles. The zero-order valence-corrected chi connectivity index (χ0v) is 12.2. The number of aromatic nitrogens is 2. The molecule has 5 nitrogen and oxygen atoms in total. The van der Waals surface area contributed by atoms with E-state index in [1.54, 1.807) is 19.3 Å². The number of amides is 1. The second kappa shape index (κ2) is 6.88. The molecule has 0 fully saturated rings. The average Bonchev–Trinajstić information content (AvgIpc) is 2.88. The van der Waals surface area contributed by atoms with Crippen molar-refractivity contribution in [3.8, 4) is 0 Å². The summed E-state index contributed by atoms with van der Waals surface area (Å²) in [4.78, 5) is 12.1. The van der Waals surface area contributed by atoms with Crippen LogP contribution in [0.1, 0.15) is 28.0 Å². The van der Waals surface area contributed by atoms with Gasteiger partial charge in [0.2, 0.25) is 0 Å². The maximum atomic E-state index is 13.6. The van der Waals surface area contributed by atoms with Gasteiger partial charge in [-0.15, -0.1) is 0 Å². The predicted molar refractivity (Wildman–Crippen MR) is 79.9 cm³/mol. The minimum atomic E-state index is -0.431. The molecule has 1 heterocycles. The number of hydrogen-bond acceptors (Lipinski definition) is 3. The molecule has 112 valence electrons. The van der Waals surface area contributed by atoms with E-state index in [0.717, 1.165) is 24.1 Å². The highest BCUT2D eigenvalue weighted by Gasteiger charge is 2.13. The molecule has 0 unspecified atom stereocenters. The van der Waals surface area contributed by atoms with Crippen LogP contribution in [0.2, 0.25) is 0 Å². The highest BCUT2D eigenvalue weighted by atomic mass is 19.1. The number of anilines is 1. The van der Waals surface area contributed by atoms with E-state index in [9.17, 15) is 9.18 Å². The van der Waals surface area contributed by atoms with Crippen molar-refractivity contribution in [2.24, 2.45) is 0 Å². The molecule has 1 aromatic heterocycles. The number of rotatable bonds is 6. The van der Waals surface area contributed by atoms with E-state index in [4.69, 9.17) is 0 Å². The van der Waals surface area contributed by atoms with E-state index in [-0.39, 0.29) is 11.6 Å². The zero-order chi connectivity index (χ0) is 15.2. The second-order valence-electron chi connectivity index (χ2n) is 4.79. The quantitative estimate of drug-likeness (QED) is 0.715. The van der Waals surface area contributed by atoms with Crippen molar-refractivity contribution in [2.75, 3.05) is 18.9 Å². The Labute approximate surface area is 123 Å². The first-order chi connectivity index (χ1) is 10.1. The number of nitrogens with zero attached hydrogens (tertiary/aromatic N) is 1. The van der Waals surface area contributed by atoms with Gasteiger partial charge >= 0.3 is 0 Å².